The number of carbonyl (C=O) groups excluding carboxylic acids is 3. The highest BCUT2D eigenvalue weighted by Gasteiger charge is 2.19. The Kier molecular flexibility index (Phi) is 58.2. The Hall–Kier alpha value is -2.37. The summed E-state index contributed by atoms with van der Waals surface area (Å²) >= 11 is 0. The van der Waals surface area contributed by atoms with Crippen LogP contribution in [0.15, 0.2) is 36.5 Å². The van der Waals surface area contributed by atoms with Crippen LogP contribution in [0.1, 0.15) is 342 Å². The van der Waals surface area contributed by atoms with Crippen molar-refractivity contribution >= 4 is 17.9 Å². The first kappa shape index (κ1) is 68.6. The van der Waals surface area contributed by atoms with Crippen molar-refractivity contribution in [3.8, 4) is 0 Å². The number of allylic oxidation sites excluding steroid dienone is 6. The molecule has 1 atom stereocenters. The first-order chi connectivity index (χ1) is 35.0. The summed E-state index contributed by atoms with van der Waals surface area (Å²) < 4.78 is 16.8. The Labute approximate surface area is 442 Å². The number of hydrogen-bond donors (Lipinski definition) is 0. The van der Waals surface area contributed by atoms with Crippen molar-refractivity contribution in [2.24, 2.45) is 0 Å². The van der Waals surface area contributed by atoms with Crippen LogP contribution in [0.2, 0.25) is 0 Å². The lowest BCUT2D eigenvalue weighted by Crippen LogP contribution is -2.30. The van der Waals surface area contributed by atoms with Gasteiger partial charge in [-0.1, -0.05) is 282 Å². The van der Waals surface area contributed by atoms with Crippen molar-refractivity contribution in [1.82, 2.24) is 0 Å². The molecule has 0 aromatic carbocycles. The molecule has 0 aliphatic rings. The Bertz CT molecular complexity index is 1190. The molecule has 6 heteroatoms. The molecule has 416 valence electrons. The van der Waals surface area contributed by atoms with Gasteiger partial charge in [0, 0.05) is 19.3 Å². The number of hydrogen-bond acceptors (Lipinski definition) is 6. The highest BCUT2D eigenvalue weighted by molar-refractivity contribution is 5.71. The van der Waals surface area contributed by atoms with Gasteiger partial charge in [-0.3, -0.25) is 14.4 Å². The van der Waals surface area contributed by atoms with Crippen molar-refractivity contribution in [2.75, 3.05) is 13.2 Å². The Morgan fingerprint density at radius 3 is 0.789 bits per heavy atom. The largest absolute Gasteiger partial charge is 0.462 e. The SMILES string of the molecule is CCCCCCC/C=C\C/C=C\CCCCCCCCCCCCCCCCCCCC(=O)OCC(COC(=O)CCCCCCCCCC)OC(=O)CCCCCCC/C=C\CCCCCCCCC. The summed E-state index contributed by atoms with van der Waals surface area (Å²) in [4.78, 5) is 38.0. The standard InChI is InChI=1S/C65H120O6/c1-4-7-10-13-16-19-21-23-25-27-28-29-30-31-32-33-34-35-36-37-38-39-41-42-44-46-49-52-55-58-64(67)70-61-62(60-69-63(66)57-54-51-48-18-15-12-9-6-3)71-65(68)59-56-53-50-47-45-43-40-26-24-22-20-17-14-11-8-5-2/h21,23,26-28,40,62H,4-20,22,24-25,29-39,41-61H2,1-3H3/b23-21-,28-27-,40-26-. The summed E-state index contributed by atoms with van der Waals surface area (Å²) in [7, 11) is 0. The van der Waals surface area contributed by atoms with Crippen molar-refractivity contribution < 1.29 is 28.6 Å². The summed E-state index contributed by atoms with van der Waals surface area (Å²) in [6.07, 6.45) is 73.2. The molecule has 1 unspecified atom stereocenters. The van der Waals surface area contributed by atoms with Crippen LogP contribution in [-0.4, -0.2) is 37.2 Å². The summed E-state index contributed by atoms with van der Waals surface area (Å²) in [5.41, 5.74) is 0. The van der Waals surface area contributed by atoms with E-state index >= 15 is 0 Å². The van der Waals surface area contributed by atoms with Crippen LogP contribution in [0, 0.1) is 0 Å². The summed E-state index contributed by atoms with van der Waals surface area (Å²) in [6.45, 7) is 6.63. The average molecular weight is 998 g/mol. The normalized spacial score (nSPS) is 12.2. The lowest BCUT2D eigenvalue weighted by Gasteiger charge is -2.18. The summed E-state index contributed by atoms with van der Waals surface area (Å²) in [6, 6.07) is 0. The first-order valence-electron chi connectivity index (χ1n) is 31.5. The van der Waals surface area contributed by atoms with Crippen LogP contribution < -0.4 is 0 Å². The van der Waals surface area contributed by atoms with Crippen molar-refractivity contribution in [2.45, 2.75) is 348 Å². The molecular weight excluding hydrogens is 877 g/mol. The van der Waals surface area contributed by atoms with Gasteiger partial charge in [0.25, 0.3) is 0 Å². The Morgan fingerprint density at radius 2 is 0.507 bits per heavy atom. The smallest absolute Gasteiger partial charge is 0.306 e. The van der Waals surface area contributed by atoms with Crippen molar-refractivity contribution in [3.05, 3.63) is 36.5 Å². The Morgan fingerprint density at radius 1 is 0.282 bits per heavy atom. The van der Waals surface area contributed by atoms with Gasteiger partial charge in [0.1, 0.15) is 13.2 Å². The zero-order valence-corrected chi connectivity index (χ0v) is 47.8. The van der Waals surface area contributed by atoms with E-state index in [9.17, 15) is 14.4 Å². The minimum absolute atomic E-state index is 0.0710. The molecule has 6 nitrogen and oxygen atoms in total. The van der Waals surface area contributed by atoms with Gasteiger partial charge < -0.3 is 14.2 Å². The molecule has 0 rings (SSSR count). The molecule has 0 N–H and O–H groups in total. The van der Waals surface area contributed by atoms with Crippen LogP contribution in [0.4, 0.5) is 0 Å². The second-order valence-electron chi connectivity index (χ2n) is 21.3. The number of carbonyl (C=O) groups is 3. The van der Waals surface area contributed by atoms with E-state index in [1.807, 2.05) is 0 Å². The number of esters is 3. The lowest BCUT2D eigenvalue weighted by molar-refractivity contribution is -0.167. The van der Waals surface area contributed by atoms with Crippen LogP contribution in [0.5, 0.6) is 0 Å². The van der Waals surface area contributed by atoms with Gasteiger partial charge in [0.05, 0.1) is 0 Å². The molecular formula is C65H120O6. The highest BCUT2D eigenvalue weighted by Crippen LogP contribution is 2.17. The molecule has 0 bridgehead atoms. The van der Waals surface area contributed by atoms with Crippen LogP contribution in [0.25, 0.3) is 0 Å². The van der Waals surface area contributed by atoms with Gasteiger partial charge >= 0.3 is 17.9 Å². The third-order valence-electron chi connectivity index (χ3n) is 14.1. The lowest BCUT2D eigenvalue weighted by atomic mass is 10.0. The fourth-order valence-electron chi connectivity index (χ4n) is 9.35. The quantitative estimate of drug-likeness (QED) is 0.0261. The van der Waals surface area contributed by atoms with Gasteiger partial charge in [-0.15, -0.1) is 0 Å². The fourth-order valence-corrected chi connectivity index (χ4v) is 9.35. The van der Waals surface area contributed by atoms with Crippen molar-refractivity contribution in [1.29, 1.82) is 0 Å². The molecule has 0 saturated heterocycles. The van der Waals surface area contributed by atoms with Crippen molar-refractivity contribution in [3.63, 3.8) is 0 Å². The van der Waals surface area contributed by atoms with E-state index in [1.165, 1.54) is 231 Å². The van der Waals surface area contributed by atoms with E-state index < -0.39 is 6.10 Å². The van der Waals surface area contributed by atoms with E-state index in [-0.39, 0.29) is 31.1 Å². The van der Waals surface area contributed by atoms with Gasteiger partial charge in [0.15, 0.2) is 6.10 Å². The third-order valence-corrected chi connectivity index (χ3v) is 14.1. The fraction of sp³-hybridized carbons (Fsp3) is 0.862. The average Bonchev–Trinajstić information content (AvgIpc) is 3.37. The predicted molar refractivity (Wildman–Crippen MR) is 307 cm³/mol. The summed E-state index contributed by atoms with van der Waals surface area (Å²) in [5.74, 6) is -0.865. The highest BCUT2D eigenvalue weighted by atomic mass is 16.6. The zero-order valence-electron chi connectivity index (χ0n) is 47.8. The molecule has 0 fully saturated rings. The van der Waals surface area contributed by atoms with E-state index in [0.717, 1.165) is 70.6 Å². The first-order valence-corrected chi connectivity index (χ1v) is 31.5. The number of rotatable bonds is 58. The molecule has 0 aliphatic heterocycles. The predicted octanol–water partition coefficient (Wildman–Crippen LogP) is 21.2. The second-order valence-corrected chi connectivity index (χ2v) is 21.3. The number of ether oxygens (including phenoxy) is 3. The molecule has 0 spiro atoms. The topological polar surface area (TPSA) is 78.9 Å². The van der Waals surface area contributed by atoms with E-state index in [0.29, 0.717) is 19.3 Å². The minimum atomic E-state index is -0.771. The minimum Gasteiger partial charge on any atom is -0.462 e. The second kappa shape index (κ2) is 60.2. The molecule has 0 aliphatic carbocycles. The molecule has 0 aromatic rings. The molecule has 71 heavy (non-hydrogen) atoms. The van der Waals surface area contributed by atoms with Gasteiger partial charge in [-0.2, -0.15) is 0 Å². The molecule has 0 amide bonds. The van der Waals surface area contributed by atoms with E-state index in [1.54, 1.807) is 0 Å². The van der Waals surface area contributed by atoms with Gasteiger partial charge in [-0.05, 0) is 77.0 Å². The van der Waals surface area contributed by atoms with Crippen LogP contribution in [0.3, 0.4) is 0 Å². The molecule has 0 saturated carbocycles. The summed E-state index contributed by atoms with van der Waals surface area (Å²) in [5, 5.41) is 0. The number of unbranched alkanes of at least 4 members (excludes halogenated alkanes) is 41. The maximum atomic E-state index is 12.8. The molecule has 0 aromatic heterocycles. The monoisotopic (exact) mass is 997 g/mol. The maximum Gasteiger partial charge on any atom is 0.306 e. The van der Waals surface area contributed by atoms with E-state index in [2.05, 4.69) is 57.2 Å². The maximum absolute atomic E-state index is 12.8. The molecule has 0 heterocycles. The van der Waals surface area contributed by atoms with Crippen LogP contribution >= 0.6 is 0 Å². The van der Waals surface area contributed by atoms with E-state index in [4.69, 9.17) is 14.2 Å². The van der Waals surface area contributed by atoms with Gasteiger partial charge in [0.2, 0.25) is 0 Å². The zero-order chi connectivity index (χ0) is 51.4. The Balaban J connectivity index is 4.07. The molecule has 0 radical (unpaired) electrons. The van der Waals surface area contributed by atoms with Gasteiger partial charge in [-0.25, -0.2) is 0 Å². The third kappa shape index (κ3) is 58.4. The van der Waals surface area contributed by atoms with Crippen LogP contribution in [-0.2, 0) is 28.6 Å².